The molecule has 94 valence electrons. The number of hydrogen-bond acceptors (Lipinski definition) is 2. The zero-order valence-electron chi connectivity index (χ0n) is 10.6. The minimum atomic E-state index is 0.321. The second kappa shape index (κ2) is 5.95. The Morgan fingerprint density at radius 2 is 1.65 bits per heavy atom. The van der Waals surface area contributed by atoms with Crippen molar-refractivity contribution in [1.29, 1.82) is 0 Å². The summed E-state index contributed by atoms with van der Waals surface area (Å²) in [6.45, 7) is 0. The van der Waals surface area contributed by atoms with E-state index in [1.165, 1.54) is 50.5 Å². The van der Waals surface area contributed by atoms with Gasteiger partial charge in [-0.1, -0.05) is 32.1 Å². The zero-order chi connectivity index (χ0) is 12.1. The molecule has 1 aromatic rings. The lowest BCUT2D eigenvalue weighted by molar-refractivity contribution is 0.403. The van der Waals surface area contributed by atoms with Gasteiger partial charge in [0.15, 0.2) is 0 Å². The Hall–Kier alpha value is -1.18. The van der Waals surface area contributed by atoms with Crippen molar-refractivity contribution in [2.75, 3.05) is 7.11 Å². The number of methoxy groups -OCH3 is 1. The second-order valence-corrected chi connectivity index (χ2v) is 5.01. The van der Waals surface area contributed by atoms with Crippen molar-refractivity contribution in [3.05, 3.63) is 23.8 Å². The Balaban J connectivity index is 2.15. The summed E-state index contributed by atoms with van der Waals surface area (Å²) in [5, 5.41) is 9.70. The van der Waals surface area contributed by atoms with Crippen LogP contribution in [0.5, 0.6) is 11.5 Å². The molecule has 2 nitrogen and oxygen atoms in total. The number of aromatic hydroxyl groups is 1. The first-order valence-corrected chi connectivity index (χ1v) is 6.67. The molecule has 1 fully saturated rings. The van der Waals surface area contributed by atoms with Crippen LogP contribution in [0.4, 0.5) is 0 Å². The Bertz CT molecular complexity index is 352. The third-order valence-electron chi connectivity index (χ3n) is 3.73. The van der Waals surface area contributed by atoms with Crippen molar-refractivity contribution in [2.45, 2.75) is 50.9 Å². The van der Waals surface area contributed by atoms with Crippen LogP contribution in [-0.4, -0.2) is 12.2 Å². The summed E-state index contributed by atoms with van der Waals surface area (Å²) in [7, 11) is 1.65. The predicted octanol–water partition coefficient (Wildman–Crippen LogP) is 4.23. The van der Waals surface area contributed by atoms with Crippen LogP contribution in [0, 0.1) is 0 Å². The maximum absolute atomic E-state index is 9.70. The van der Waals surface area contributed by atoms with Crippen LogP contribution in [0.25, 0.3) is 0 Å². The number of phenolic OH excluding ortho intramolecular Hbond substituents is 1. The van der Waals surface area contributed by atoms with Crippen LogP contribution < -0.4 is 4.74 Å². The predicted molar refractivity (Wildman–Crippen MR) is 69.7 cm³/mol. The SMILES string of the molecule is COc1cc(O)cc(C2CCCCCCC2)c1. The van der Waals surface area contributed by atoms with Gasteiger partial charge in [0.25, 0.3) is 0 Å². The summed E-state index contributed by atoms with van der Waals surface area (Å²) in [5.74, 6) is 1.68. The lowest BCUT2D eigenvalue weighted by Gasteiger charge is -2.20. The molecule has 1 saturated carbocycles. The van der Waals surface area contributed by atoms with Crippen LogP contribution >= 0.6 is 0 Å². The van der Waals surface area contributed by atoms with E-state index in [-0.39, 0.29) is 0 Å². The standard InChI is InChI=1S/C15H22O2/c1-17-15-10-13(9-14(16)11-15)12-7-5-3-2-4-6-8-12/h9-12,16H,2-8H2,1H3. The Kier molecular flexibility index (Phi) is 4.29. The molecule has 2 rings (SSSR count). The van der Waals surface area contributed by atoms with Crippen molar-refractivity contribution < 1.29 is 9.84 Å². The highest BCUT2D eigenvalue weighted by molar-refractivity contribution is 5.39. The number of hydrogen-bond donors (Lipinski definition) is 1. The Morgan fingerprint density at radius 3 is 2.29 bits per heavy atom. The fourth-order valence-corrected chi connectivity index (χ4v) is 2.75. The van der Waals surface area contributed by atoms with Gasteiger partial charge >= 0.3 is 0 Å². The van der Waals surface area contributed by atoms with Crippen molar-refractivity contribution in [3.8, 4) is 11.5 Å². The van der Waals surface area contributed by atoms with Crippen molar-refractivity contribution >= 4 is 0 Å². The van der Waals surface area contributed by atoms with E-state index in [2.05, 4.69) is 6.07 Å². The van der Waals surface area contributed by atoms with Gasteiger partial charge in [-0.05, 0) is 36.5 Å². The summed E-state index contributed by atoms with van der Waals surface area (Å²) < 4.78 is 5.22. The van der Waals surface area contributed by atoms with Gasteiger partial charge in [-0.25, -0.2) is 0 Å². The monoisotopic (exact) mass is 234 g/mol. The fourth-order valence-electron chi connectivity index (χ4n) is 2.75. The topological polar surface area (TPSA) is 29.5 Å². The van der Waals surface area contributed by atoms with E-state index < -0.39 is 0 Å². The molecule has 0 bridgehead atoms. The molecule has 0 radical (unpaired) electrons. The highest BCUT2D eigenvalue weighted by atomic mass is 16.5. The van der Waals surface area contributed by atoms with E-state index in [1.807, 2.05) is 6.07 Å². The maximum atomic E-state index is 9.70. The lowest BCUT2D eigenvalue weighted by atomic mass is 9.86. The first-order valence-electron chi connectivity index (χ1n) is 6.67. The fraction of sp³-hybridized carbons (Fsp3) is 0.600. The molecule has 1 aliphatic rings. The number of phenols is 1. The van der Waals surface area contributed by atoms with E-state index in [4.69, 9.17) is 4.74 Å². The third kappa shape index (κ3) is 3.39. The number of ether oxygens (including phenoxy) is 1. The van der Waals surface area contributed by atoms with E-state index in [1.54, 1.807) is 13.2 Å². The quantitative estimate of drug-likeness (QED) is 0.829. The highest BCUT2D eigenvalue weighted by Crippen LogP contribution is 2.34. The minimum absolute atomic E-state index is 0.321. The van der Waals surface area contributed by atoms with Crippen molar-refractivity contribution in [2.24, 2.45) is 0 Å². The Morgan fingerprint density at radius 1 is 1.00 bits per heavy atom. The summed E-state index contributed by atoms with van der Waals surface area (Å²) >= 11 is 0. The van der Waals surface area contributed by atoms with Crippen molar-refractivity contribution in [1.82, 2.24) is 0 Å². The third-order valence-corrected chi connectivity index (χ3v) is 3.73. The molecular formula is C15H22O2. The molecule has 1 aliphatic carbocycles. The summed E-state index contributed by atoms with van der Waals surface area (Å²) in [5.41, 5.74) is 1.24. The average Bonchev–Trinajstić information content (AvgIpc) is 2.27. The smallest absolute Gasteiger partial charge is 0.122 e. The molecule has 1 aromatic carbocycles. The van der Waals surface area contributed by atoms with Gasteiger partial charge in [-0.15, -0.1) is 0 Å². The lowest BCUT2D eigenvalue weighted by Crippen LogP contribution is -2.02. The average molecular weight is 234 g/mol. The van der Waals surface area contributed by atoms with Gasteiger partial charge in [0.1, 0.15) is 11.5 Å². The van der Waals surface area contributed by atoms with Crippen LogP contribution in [-0.2, 0) is 0 Å². The largest absolute Gasteiger partial charge is 0.508 e. The molecule has 0 aromatic heterocycles. The Labute approximate surface area is 104 Å². The van der Waals surface area contributed by atoms with Crippen LogP contribution in [0.2, 0.25) is 0 Å². The number of rotatable bonds is 2. The maximum Gasteiger partial charge on any atom is 0.122 e. The molecular weight excluding hydrogens is 212 g/mol. The molecule has 0 unspecified atom stereocenters. The molecule has 0 amide bonds. The normalized spacial score (nSPS) is 18.4. The van der Waals surface area contributed by atoms with Crippen molar-refractivity contribution in [3.63, 3.8) is 0 Å². The molecule has 17 heavy (non-hydrogen) atoms. The van der Waals surface area contributed by atoms with Crippen LogP contribution in [0.3, 0.4) is 0 Å². The number of benzene rings is 1. The van der Waals surface area contributed by atoms with Gasteiger partial charge in [-0.2, -0.15) is 0 Å². The summed E-state index contributed by atoms with van der Waals surface area (Å²) in [4.78, 5) is 0. The second-order valence-electron chi connectivity index (χ2n) is 5.01. The first-order chi connectivity index (χ1) is 8.29. The van der Waals surface area contributed by atoms with E-state index in [0.29, 0.717) is 11.7 Å². The van der Waals surface area contributed by atoms with Crippen LogP contribution in [0.15, 0.2) is 18.2 Å². The zero-order valence-corrected chi connectivity index (χ0v) is 10.6. The summed E-state index contributed by atoms with van der Waals surface area (Å²) in [6.07, 6.45) is 9.19. The molecule has 2 heteroatoms. The minimum Gasteiger partial charge on any atom is -0.508 e. The molecule has 0 heterocycles. The molecule has 0 atom stereocenters. The van der Waals surface area contributed by atoms with Gasteiger partial charge in [-0.3, -0.25) is 0 Å². The van der Waals surface area contributed by atoms with E-state index in [9.17, 15) is 5.11 Å². The van der Waals surface area contributed by atoms with Gasteiger partial charge < -0.3 is 9.84 Å². The van der Waals surface area contributed by atoms with E-state index >= 15 is 0 Å². The molecule has 0 aliphatic heterocycles. The molecule has 0 spiro atoms. The van der Waals surface area contributed by atoms with E-state index in [0.717, 1.165) is 5.75 Å². The van der Waals surface area contributed by atoms with Gasteiger partial charge in [0.2, 0.25) is 0 Å². The highest BCUT2D eigenvalue weighted by Gasteiger charge is 2.15. The molecule has 1 N–H and O–H groups in total. The van der Waals surface area contributed by atoms with Gasteiger partial charge in [0, 0.05) is 6.07 Å². The summed E-state index contributed by atoms with van der Waals surface area (Å²) in [6, 6.07) is 5.65. The first kappa shape index (κ1) is 12.3. The molecule has 0 saturated heterocycles. The van der Waals surface area contributed by atoms with Gasteiger partial charge in [0.05, 0.1) is 7.11 Å². The van der Waals surface area contributed by atoms with Crippen LogP contribution in [0.1, 0.15) is 56.4 Å².